The Kier molecular flexibility index (Phi) is 3.01. The summed E-state index contributed by atoms with van der Waals surface area (Å²) in [5, 5.41) is 13.7. The molecule has 3 nitrogen and oxygen atoms in total. The number of pyridine rings is 1. The van der Waals surface area contributed by atoms with Gasteiger partial charge in [-0.15, -0.1) is 0 Å². The SMILES string of the molecule is N#Cc1cc2ccccc2nc1Nc1ccc2c(c1)CCC2. The number of aromatic nitrogens is 1. The summed E-state index contributed by atoms with van der Waals surface area (Å²) in [6.07, 6.45) is 3.55. The van der Waals surface area contributed by atoms with Crippen LogP contribution in [-0.2, 0) is 12.8 Å². The molecule has 3 heteroatoms. The van der Waals surface area contributed by atoms with Crippen LogP contribution in [0.25, 0.3) is 10.9 Å². The van der Waals surface area contributed by atoms with Gasteiger partial charge in [-0.2, -0.15) is 5.26 Å². The largest absolute Gasteiger partial charge is 0.339 e. The number of fused-ring (bicyclic) bond motifs is 2. The molecule has 22 heavy (non-hydrogen) atoms. The van der Waals surface area contributed by atoms with Crippen molar-refractivity contribution in [1.82, 2.24) is 4.98 Å². The number of hydrogen-bond donors (Lipinski definition) is 1. The van der Waals surface area contributed by atoms with E-state index in [4.69, 9.17) is 0 Å². The highest BCUT2D eigenvalue weighted by molar-refractivity contribution is 5.83. The van der Waals surface area contributed by atoms with E-state index < -0.39 is 0 Å². The van der Waals surface area contributed by atoms with Crippen molar-refractivity contribution >= 4 is 22.4 Å². The topological polar surface area (TPSA) is 48.7 Å². The predicted octanol–water partition coefficient (Wildman–Crippen LogP) is 4.34. The van der Waals surface area contributed by atoms with Crippen molar-refractivity contribution in [1.29, 1.82) is 5.26 Å². The van der Waals surface area contributed by atoms with Crippen LogP contribution in [0.3, 0.4) is 0 Å². The van der Waals surface area contributed by atoms with Crippen LogP contribution in [0.2, 0.25) is 0 Å². The molecular weight excluding hydrogens is 270 g/mol. The third kappa shape index (κ3) is 2.19. The van der Waals surface area contributed by atoms with E-state index in [9.17, 15) is 5.26 Å². The normalized spacial score (nSPS) is 12.9. The van der Waals surface area contributed by atoms with E-state index in [1.807, 2.05) is 30.3 Å². The van der Waals surface area contributed by atoms with Crippen LogP contribution < -0.4 is 5.32 Å². The minimum atomic E-state index is 0.569. The molecule has 0 bridgehead atoms. The van der Waals surface area contributed by atoms with E-state index in [0.29, 0.717) is 11.4 Å². The average Bonchev–Trinajstić information content (AvgIpc) is 3.02. The minimum absolute atomic E-state index is 0.569. The van der Waals surface area contributed by atoms with E-state index in [1.165, 1.54) is 24.0 Å². The summed E-state index contributed by atoms with van der Waals surface area (Å²) in [6.45, 7) is 0. The van der Waals surface area contributed by atoms with Gasteiger partial charge >= 0.3 is 0 Å². The number of benzene rings is 2. The lowest BCUT2D eigenvalue weighted by molar-refractivity contribution is 0.912. The second-order valence-electron chi connectivity index (χ2n) is 5.65. The molecule has 0 atom stereocenters. The van der Waals surface area contributed by atoms with Gasteiger partial charge in [0, 0.05) is 11.1 Å². The van der Waals surface area contributed by atoms with Crippen LogP contribution in [0.4, 0.5) is 11.5 Å². The molecule has 0 unspecified atom stereocenters. The summed E-state index contributed by atoms with van der Waals surface area (Å²) in [7, 11) is 0. The highest BCUT2D eigenvalue weighted by atomic mass is 15.0. The van der Waals surface area contributed by atoms with Gasteiger partial charge in [-0.1, -0.05) is 24.3 Å². The molecule has 1 N–H and O–H groups in total. The van der Waals surface area contributed by atoms with Crippen molar-refractivity contribution in [3.05, 3.63) is 65.2 Å². The molecule has 0 saturated heterocycles. The van der Waals surface area contributed by atoms with E-state index in [0.717, 1.165) is 23.0 Å². The number of para-hydroxylation sites is 1. The Bertz CT molecular complexity index is 906. The van der Waals surface area contributed by atoms with Gasteiger partial charge in [0.05, 0.1) is 11.1 Å². The molecule has 0 fully saturated rings. The number of nitrogens with zero attached hydrogens (tertiary/aromatic N) is 2. The van der Waals surface area contributed by atoms with Gasteiger partial charge in [0.25, 0.3) is 0 Å². The molecule has 4 rings (SSSR count). The number of anilines is 2. The lowest BCUT2D eigenvalue weighted by Gasteiger charge is -2.10. The van der Waals surface area contributed by atoms with Gasteiger partial charge in [0.2, 0.25) is 0 Å². The monoisotopic (exact) mass is 285 g/mol. The van der Waals surface area contributed by atoms with Crippen molar-refractivity contribution < 1.29 is 0 Å². The third-order valence-corrected chi connectivity index (χ3v) is 4.21. The minimum Gasteiger partial charge on any atom is -0.339 e. The first-order valence-electron chi connectivity index (χ1n) is 7.52. The lowest BCUT2D eigenvalue weighted by atomic mass is 10.1. The first-order valence-corrected chi connectivity index (χ1v) is 7.52. The molecule has 1 aliphatic rings. The molecule has 0 aliphatic heterocycles. The standard InChI is InChI=1S/C19H15N3/c20-12-16-10-15-4-1-2-7-18(15)22-19(16)21-17-9-8-13-5-3-6-14(13)11-17/h1-2,4,7-11H,3,5-6H2,(H,21,22). The van der Waals surface area contributed by atoms with Crippen molar-refractivity contribution in [3.63, 3.8) is 0 Å². The van der Waals surface area contributed by atoms with Crippen molar-refractivity contribution in [2.45, 2.75) is 19.3 Å². The van der Waals surface area contributed by atoms with E-state index in [-0.39, 0.29) is 0 Å². The van der Waals surface area contributed by atoms with Crippen LogP contribution in [-0.4, -0.2) is 4.98 Å². The Labute approximate surface area is 129 Å². The molecule has 106 valence electrons. The van der Waals surface area contributed by atoms with Crippen LogP contribution >= 0.6 is 0 Å². The maximum Gasteiger partial charge on any atom is 0.149 e. The number of hydrogen-bond acceptors (Lipinski definition) is 3. The van der Waals surface area contributed by atoms with Crippen molar-refractivity contribution in [3.8, 4) is 6.07 Å². The molecule has 1 aliphatic carbocycles. The van der Waals surface area contributed by atoms with Crippen LogP contribution in [0.5, 0.6) is 0 Å². The van der Waals surface area contributed by atoms with E-state index >= 15 is 0 Å². The van der Waals surface area contributed by atoms with Crippen molar-refractivity contribution in [2.75, 3.05) is 5.32 Å². The van der Waals surface area contributed by atoms with Crippen LogP contribution in [0.1, 0.15) is 23.1 Å². The zero-order valence-electron chi connectivity index (χ0n) is 12.1. The summed E-state index contributed by atoms with van der Waals surface area (Å²) in [4.78, 5) is 4.60. The Balaban J connectivity index is 1.76. The maximum atomic E-state index is 9.38. The Hall–Kier alpha value is -2.86. The van der Waals surface area contributed by atoms with E-state index in [2.05, 4.69) is 34.6 Å². The van der Waals surface area contributed by atoms with E-state index in [1.54, 1.807) is 0 Å². The van der Waals surface area contributed by atoms with Gasteiger partial charge in [0.1, 0.15) is 11.9 Å². The molecule has 0 spiro atoms. The Morgan fingerprint density at radius 2 is 1.86 bits per heavy atom. The molecule has 0 radical (unpaired) electrons. The van der Waals surface area contributed by atoms with Crippen LogP contribution in [0, 0.1) is 11.3 Å². The van der Waals surface area contributed by atoms with Crippen molar-refractivity contribution in [2.24, 2.45) is 0 Å². The fourth-order valence-electron chi connectivity index (χ4n) is 3.08. The van der Waals surface area contributed by atoms with Gasteiger partial charge in [0.15, 0.2) is 0 Å². The van der Waals surface area contributed by atoms with Gasteiger partial charge < -0.3 is 5.32 Å². The molecule has 3 aromatic rings. The summed E-state index contributed by atoms with van der Waals surface area (Å²) in [6, 6.07) is 18.4. The number of rotatable bonds is 2. The highest BCUT2D eigenvalue weighted by Crippen LogP contribution is 2.28. The van der Waals surface area contributed by atoms with Gasteiger partial charge in [-0.25, -0.2) is 4.98 Å². The predicted molar refractivity (Wildman–Crippen MR) is 88.2 cm³/mol. The second-order valence-corrected chi connectivity index (χ2v) is 5.65. The van der Waals surface area contributed by atoms with Gasteiger partial charge in [-0.05, 0) is 54.7 Å². The lowest BCUT2D eigenvalue weighted by Crippen LogP contribution is -1.98. The molecule has 0 amide bonds. The molecule has 2 aromatic carbocycles. The van der Waals surface area contributed by atoms with Crippen LogP contribution in [0.15, 0.2) is 48.5 Å². The fourth-order valence-corrected chi connectivity index (χ4v) is 3.08. The van der Waals surface area contributed by atoms with Gasteiger partial charge in [-0.3, -0.25) is 0 Å². The molecular formula is C19H15N3. The Morgan fingerprint density at radius 1 is 1.00 bits per heavy atom. The maximum absolute atomic E-state index is 9.38. The zero-order chi connectivity index (χ0) is 14.9. The summed E-state index contributed by atoms with van der Waals surface area (Å²) < 4.78 is 0. The summed E-state index contributed by atoms with van der Waals surface area (Å²) >= 11 is 0. The second kappa shape index (κ2) is 5.16. The third-order valence-electron chi connectivity index (χ3n) is 4.21. The number of nitrogens with one attached hydrogen (secondary N) is 1. The molecule has 1 heterocycles. The first-order chi connectivity index (χ1) is 10.8. The first kappa shape index (κ1) is 12.8. The fraction of sp³-hybridized carbons (Fsp3) is 0.158. The smallest absolute Gasteiger partial charge is 0.149 e. The summed E-state index contributed by atoms with van der Waals surface area (Å²) in [5.74, 6) is 0.624. The summed E-state index contributed by atoms with van der Waals surface area (Å²) in [5.41, 5.74) is 5.31. The molecule has 0 saturated carbocycles. The quantitative estimate of drug-likeness (QED) is 0.762. The highest BCUT2D eigenvalue weighted by Gasteiger charge is 2.12. The number of aryl methyl sites for hydroxylation is 2. The number of nitriles is 1. The Morgan fingerprint density at radius 3 is 2.77 bits per heavy atom. The average molecular weight is 285 g/mol. The zero-order valence-corrected chi connectivity index (χ0v) is 12.1. The molecule has 1 aromatic heterocycles.